The first-order chi connectivity index (χ1) is 6.22. The van der Waals surface area contributed by atoms with Crippen LogP contribution >= 0.6 is 11.8 Å². The van der Waals surface area contributed by atoms with Gasteiger partial charge in [0.05, 0.1) is 6.54 Å². The molecule has 0 aromatic heterocycles. The first kappa shape index (κ1) is 10.9. The van der Waals surface area contributed by atoms with Crippen molar-refractivity contribution in [2.45, 2.75) is 24.5 Å². The lowest BCUT2D eigenvalue weighted by Crippen LogP contribution is -2.37. The number of hydrogen-bond donors (Lipinski definition) is 2. The summed E-state index contributed by atoms with van der Waals surface area (Å²) in [5.41, 5.74) is 0. The summed E-state index contributed by atoms with van der Waals surface area (Å²) in [6.07, 6.45) is 4.61. The third-order valence-electron chi connectivity index (χ3n) is 2.38. The van der Waals surface area contributed by atoms with Crippen molar-refractivity contribution < 1.29 is 4.79 Å². The molecule has 0 bridgehead atoms. The maximum Gasteiger partial charge on any atom is 0.234 e. The topological polar surface area (TPSA) is 41.1 Å². The molecule has 76 valence electrons. The molecule has 0 aromatic carbocycles. The van der Waals surface area contributed by atoms with Gasteiger partial charge < -0.3 is 10.6 Å². The Labute approximate surface area is 84.0 Å². The number of thioether (sulfide) groups is 1. The fourth-order valence-electron chi connectivity index (χ4n) is 1.15. The molecule has 1 rings (SSSR count). The van der Waals surface area contributed by atoms with Gasteiger partial charge in [0.25, 0.3) is 0 Å². The minimum Gasteiger partial charge on any atom is -0.354 e. The Hall–Kier alpha value is -0.220. The molecule has 0 heterocycles. The van der Waals surface area contributed by atoms with Gasteiger partial charge in [-0.1, -0.05) is 6.92 Å². The lowest BCUT2D eigenvalue weighted by Gasteiger charge is -2.12. The molecule has 0 aromatic rings. The standard InChI is InChI=1S/C9H18N2OS/c1-3-10-6-8(12)11-7-9(13-2)4-5-9/h10H,3-7H2,1-2H3,(H,11,12). The minimum atomic E-state index is 0.113. The van der Waals surface area contributed by atoms with Gasteiger partial charge >= 0.3 is 0 Å². The van der Waals surface area contributed by atoms with Crippen LogP contribution in [0.5, 0.6) is 0 Å². The fraction of sp³-hybridized carbons (Fsp3) is 0.889. The monoisotopic (exact) mass is 202 g/mol. The SMILES string of the molecule is CCNCC(=O)NCC1(SC)CC1. The van der Waals surface area contributed by atoms with Crippen LogP contribution in [0.3, 0.4) is 0 Å². The average molecular weight is 202 g/mol. The van der Waals surface area contributed by atoms with Gasteiger partial charge in [0, 0.05) is 11.3 Å². The van der Waals surface area contributed by atoms with Crippen LogP contribution < -0.4 is 10.6 Å². The predicted molar refractivity (Wildman–Crippen MR) is 57.0 cm³/mol. The van der Waals surface area contributed by atoms with Crippen molar-refractivity contribution in [1.29, 1.82) is 0 Å². The van der Waals surface area contributed by atoms with Gasteiger partial charge in [-0.3, -0.25) is 4.79 Å². The second kappa shape index (κ2) is 4.86. The minimum absolute atomic E-state index is 0.113. The van der Waals surface area contributed by atoms with Crippen LogP contribution in [0.4, 0.5) is 0 Å². The van der Waals surface area contributed by atoms with Crippen molar-refractivity contribution in [2.75, 3.05) is 25.9 Å². The van der Waals surface area contributed by atoms with E-state index in [0.29, 0.717) is 11.3 Å². The Morgan fingerprint density at radius 2 is 2.23 bits per heavy atom. The predicted octanol–water partition coefficient (Wildman–Crippen LogP) is 0.608. The van der Waals surface area contributed by atoms with Gasteiger partial charge in [-0.15, -0.1) is 0 Å². The smallest absolute Gasteiger partial charge is 0.234 e. The molecule has 0 radical (unpaired) electrons. The average Bonchev–Trinajstić information content (AvgIpc) is 2.92. The molecule has 1 aliphatic carbocycles. The summed E-state index contributed by atoms with van der Waals surface area (Å²) >= 11 is 1.87. The van der Waals surface area contributed by atoms with Crippen molar-refractivity contribution in [2.24, 2.45) is 0 Å². The Balaban J connectivity index is 2.08. The van der Waals surface area contributed by atoms with Crippen molar-refractivity contribution in [3.63, 3.8) is 0 Å². The summed E-state index contributed by atoms with van der Waals surface area (Å²) in [6, 6.07) is 0. The van der Waals surface area contributed by atoms with Crippen LogP contribution in [0.1, 0.15) is 19.8 Å². The first-order valence-electron chi connectivity index (χ1n) is 4.75. The van der Waals surface area contributed by atoms with E-state index in [4.69, 9.17) is 0 Å². The molecule has 0 saturated heterocycles. The van der Waals surface area contributed by atoms with Gasteiger partial charge in [-0.2, -0.15) is 11.8 Å². The number of amides is 1. The van der Waals surface area contributed by atoms with Crippen LogP contribution in [0, 0.1) is 0 Å². The molecule has 1 amide bonds. The fourth-order valence-corrected chi connectivity index (χ4v) is 1.88. The molecular formula is C9H18N2OS. The van der Waals surface area contributed by atoms with Crippen LogP contribution in [0.15, 0.2) is 0 Å². The quantitative estimate of drug-likeness (QED) is 0.663. The van der Waals surface area contributed by atoms with E-state index in [1.54, 1.807) is 0 Å². The Morgan fingerprint density at radius 1 is 1.54 bits per heavy atom. The highest BCUT2D eigenvalue weighted by Gasteiger charge is 2.41. The summed E-state index contributed by atoms with van der Waals surface area (Å²) in [4.78, 5) is 11.2. The zero-order chi connectivity index (χ0) is 9.73. The maximum atomic E-state index is 11.2. The summed E-state index contributed by atoms with van der Waals surface area (Å²) in [7, 11) is 0. The number of likely N-dealkylation sites (N-methyl/N-ethyl adjacent to an activating group) is 1. The second-order valence-corrected chi connectivity index (χ2v) is 4.72. The first-order valence-corrected chi connectivity index (χ1v) is 5.97. The van der Waals surface area contributed by atoms with E-state index in [0.717, 1.165) is 13.1 Å². The summed E-state index contributed by atoms with van der Waals surface area (Å²) < 4.78 is 0.377. The number of carbonyl (C=O) groups is 1. The normalized spacial score (nSPS) is 18.3. The molecule has 0 spiro atoms. The van der Waals surface area contributed by atoms with Gasteiger partial charge in [-0.05, 0) is 25.6 Å². The zero-order valence-corrected chi connectivity index (χ0v) is 9.17. The van der Waals surface area contributed by atoms with Crippen molar-refractivity contribution in [1.82, 2.24) is 10.6 Å². The van der Waals surface area contributed by atoms with E-state index < -0.39 is 0 Å². The Bertz CT molecular complexity index is 180. The molecule has 4 heteroatoms. The van der Waals surface area contributed by atoms with Crippen molar-refractivity contribution in [3.8, 4) is 0 Å². The molecule has 1 saturated carbocycles. The highest BCUT2D eigenvalue weighted by molar-refractivity contribution is 8.00. The molecule has 0 atom stereocenters. The van der Waals surface area contributed by atoms with E-state index >= 15 is 0 Å². The highest BCUT2D eigenvalue weighted by atomic mass is 32.2. The van der Waals surface area contributed by atoms with Gasteiger partial charge in [0.1, 0.15) is 0 Å². The molecular weight excluding hydrogens is 184 g/mol. The summed E-state index contributed by atoms with van der Waals surface area (Å²) in [5.74, 6) is 0.113. The van der Waals surface area contributed by atoms with Gasteiger partial charge in [0.15, 0.2) is 0 Å². The highest BCUT2D eigenvalue weighted by Crippen LogP contribution is 2.46. The van der Waals surface area contributed by atoms with E-state index in [2.05, 4.69) is 16.9 Å². The van der Waals surface area contributed by atoms with E-state index in [1.165, 1.54) is 12.8 Å². The molecule has 0 unspecified atom stereocenters. The number of carbonyl (C=O) groups excluding carboxylic acids is 1. The number of rotatable bonds is 6. The van der Waals surface area contributed by atoms with Crippen LogP contribution in [-0.4, -0.2) is 36.5 Å². The Kier molecular flexibility index (Phi) is 4.06. The van der Waals surface area contributed by atoms with Crippen LogP contribution in [0.2, 0.25) is 0 Å². The molecule has 0 aliphatic heterocycles. The molecule has 1 aliphatic rings. The third kappa shape index (κ3) is 3.56. The molecule has 13 heavy (non-hydrogen) atoms. The maximum absolute atomic E-state index is 11.2. The van der Waals surface area contributed by atoms with E-state index in [1.807, 2.05) is 18.7 Å². The van der Waals surface area contributed by atoms with E-state index in [9.17, 15) is 4.79 Å². The van der Waals surface area contributed by atoms with Crippen molar-refractivity contribution >= 4 is 17.7 Å². The third-order valence-corrected chi connectivity index (χ3v) is 3.80. The molecule has 3 nitrogen and oxygen atoms in total. The summed E-state index contributed by atoms with van der Waals surface area (Å²) in [5, 5.41) is 5.95. The zero-order valence-electron chi connectivity index (χ0n) is 8.35. The lowest BCUT2D eigenvalue weighted by atomic mass is 10.4. The van der Waals surface area contributed by atoms with E-state index in [-0.39, 0.29) is 5.91 Å². The molecule has 1 fully saturated rings. The number of nitrogens with one attached hydrogen (secondary N) is 2. The van der Waals surface area contributed by atoms with Gasteiger partial charge in [0.2, 0.25) is 5.91 Å². The van der Waals surface area contributed by atoms with Gasteiger partial charge in [-0.25, -0.2) is 0 Å². The second-order valence-electron chi connectivity index (χ2n) is 3.44. The summed E-state index contributed by atoms with van der Waals surface area (Å²) in [6.45, 7) is 4.12. The molecule has 2 N–H and O–H groups in total. The van der Waals surface area contributed by atoms with Crippen LogP contribution in [0.25, 0.3) is 0 Å². The van der Waals surface area contributed by atoms with Crippen molar-refractivity contribution in [3.05, 3.63) is 0 Å². The van der Waals surface area contributed by atoms with Crippen LogP contribution in [-0.2, 0) is 4.79 Å². The number of hydrogen-bond acceptors (Lipinski definition) is 3. The Morgan fingerprint density at radius 3 is 2.69 bits per heavy atom. The lowest BCUT2D eigenvalue weighted by molar-refractivity contribution is -0.120. The largest absolute Gasteiger partial charge is 0.354 e.